The normalized spacial score (nSPS) is 11.8. The number of thioether (sulfide) groups is 1. The van der Waals surface area contributed by atoms with Crippen LogP contribution in [0.15, 0.2) is 35.6 Å². The van der Waals surface area contributed by atoms with Gasteiger partial charge in [0.05, 0.1) is 23.7 Å². The molecule has 0 aliphatic rings. The molecule has 32 heavy (non-hydrogen) atoms. The number of hydrogen-bond donors (Lipinski definition) is 2. The molecule has 1 aromatic carbocycles. The molecule has 2 aromatic heterocycles. The number of hydrogen-bond acceptors (Lipinski definition) is 6. The predicted octanol–water partition coefficient (Wildman–Crippen LogP) is 4.60. The molecule has 3 aromatic rings. The highest BCUT2D eigenvalue weighted by Gasteiger charge is 2.30. The highest BCUT2D eigenvalue weighted by molar-refractivity contribution is 7.99. The Morgan fingerprint density at radius 1 is 1.22 bits per heavy atom. The fourth-order valence-electron chi connectivity index (χ4n) is 2.95. The molecule has 7 nitrogen and oxygen atoms in total. The van der Waals surface area contributed by atoms with E-state index in [9.17, 15) is 18.0 Å². The molecule has 3 rings (SSSR count). The van der Waals surface area contributed by atoms with Crippen LogP contribution in [0.2, 0.25) is 0 Å². The van der Waals surface area contributed by atoms with Crippen LogP contribution in [0.4, 0.5) is 19.0 Å². The number of benzene rings is 1. The SMILES string of the molecule is CCCNc1nc(SC(C)C)nc2c1cnn2CCNC(=O)c1cccc(C(F)(F)F)c1. The Labute approximate surface area is 188 Å². The summed E-state index contributed by atoms with van der Waals surface area (Å²) < 4.78 is 40.3. The Kier molecular flexibility index (Phi) is 7.60. The summed E-state index contributed by atoms with van der Waals surface area (Å²) in [6.45, 7) is 7.42. The van der Waals surface area contributed by atoms with E-state index in [2.05, 4.69) is 46.5 Å². The van der Waals surface area contributed by atoms with Crippen molar-refractivity contribution in [2.45, 2.75) is 50.3 Å². The predicted molar refractivity (Wildman–Crippen MR) is 119 cm³/mol. The maximum atomic E-state index is 12.9. The van der Waals surface area contributed by atoms with Gasteiger partial charge < -0.3 is 10.6 Å². The van der Waals surface area contributed by atoms with Gasteiger partial charge in [-0.05, 0) is 24.6 Å². The number of carbonyl (C=O) groups is 1. The van der Waals surface area contributed by atoms with Crippen LogP contribution in [0.1, 0.15) is 43.1 Å². The molecule has 0 fully saturated rings. The van der Waals surface area contributed by atoms with E-state index in [1.807, 2.05) is 0 Å². The quantitative estimate of drug-likeness (QED) is 0.354. The van der Waals surface area contributed by atoms with E-state index < -0.39 is 17.6 Å². The third-order valence-corrected chi connectivity index (χ3v) is 5.29. The Morgan fingerprint density at radius 3 is 2.69 bits per heavy atom. The van der Waals surface area contributed by atoms with Gasteiger partial charge in [-0.2, -0.15) is 18.3 Å². The van der Waals surface area contributed by atoms with E-state index in [1.54, 1.807) is 10.9 Å². The second-order valence-electron chi connectivity index (χ2n) is 7.39. The smallest absolute Gasteiger partial charge is 0.369 e. The monoisotopic (exact) mass is 466 g/mol. The lowest BCUT2D eigenvalue weighted by molar-refractivity contribution is -0.137. The van der Waals surface area contributed by atoms with Crippen molar-refractivity contribution in [3.8, 4) is 0 Å². The summed E-state index contributed by atoms with van der Waals surface area (Å²) in [7, 11) is 0. The Balaban J connectivity index is 1.74. The minimum Gasteiger partial charge on any atom is -0.369 e. The van der Waals surface area contributed by atoms with Gasteiger partial charge in [-0.15, -0.1) is 0 Å². The van der Waals surface area contributed by atoms with Crippen LogP contribution < -0.4 is 10.6 Å². The molecular formula is C21H25F3N6OS. The maximum absolute atomic E-state index is 12.9. The number of fused-ring (bicyclic) bond motifs is 1. The number of rotatable bonds is 9. The van der Waals surface area contributed by atoms with Crippen molar-refractivity contribution in [2.75, 3.05) is 18.4 Å². The number of nitrogens with one attached hydrogen (secondary N) is 2. The lowest BCUT2D eigenvalue weighted by atomic mass is 10.1. The van der Waals surface area contributed by atoms with Gasteiger partial charge in [-0.1, -0.05) is 38.6 Å². The molecule has 2 heterocycles. The Bertz CT molecular complexity index is 1080. The summed E-state index contributed by atoms with van der Waals surface area (Å²) in [6, 6.07) is 4.34. The molecule has 2 N–H and O–H groups in total. The first kappa shape index (κ1) is 23.8. The lowest BCUT2D eigenvalue weighted by Crippen LogP contribution is -2.27. The standard InChI is InChI=1S/C21H25F3N6OS/c1-4-8-25-17-16-12-27-30(18(16)29-20(28-17)32-13(2)3)10-9-26-19(31)14-6-5-7-15(11-14)21(22,23)24/h5-7,11-13H,4,8-10H2,1-3H3,(H,26,31)(H,25,28,29). The molecule has 0 spiro atoms. The highest BCUT2D eigenvalue weighted by Crippen LogP contribution is 2.29. The van der Waals surface area contributed by atoms with E-state index in [1.165, 1.54) is 23.9 Å². The van der Waals surface area contributed by atoms with Gasteiger partial charge in [0.2, 0.25) is 0 Å². The van der Waals surface area contributed by atoms with E-state index >= 15 is 0 Å². The van der Waals surface area contributed by atoms with Crippen molar-refractivity contribution < 1.29 is 18.0 Å². The molecular weight excluding hydrogens is 441 g/mol. The molecule has 0 bridgehead atoms. The first-order valence-electron chi connectivity index (χ1n) is 10.3. The third kappa shape index (κ3) is 5.90. The first-order valence-corrected chi connectivity index (χ1v) is 11.2. The van der Waals surface area contributed by atoms with Gasteiger partial charge in [-0.3, -0.25) is 4.79 Å². The van der Waals surface area contributed by atoms with Crippen molar-refractivity contribution in [3.63, 3.8) is 0 Å². The molecule has 0 saturated heterocycles. The van der Waals surface area contributed by atoms with Gasteiger partial charge in [0.1, 0.15) is 5.82 Å². The van der Waals surface area contributed by atoms with Crippen molar-refractivity contribution >= 4 is 34.5 Å². The van der Waals surface area contributed by atoms with Gasteiger partial charge in [0, 0.05) is 23.9 Å². The Morgan fingerprint density at radius 2 is 2.00 bits per heavy atom. The molecule has 11 heteroatoms. The summed E-state index contributed by atoms with van der Waals surface area (Å²) in [5.74, 6) is 0.128. The zero-order valence-corrected chi connectivity index (χ0v) is 18.8. The fraction of sp³-hybridized carbons (Fsp3) is 0.429. The summed E-state index contributed by atoms with van der Waals surface area (Å²) >= 11 is 1.54. The fourth-order valence-corrected chi connectivity index (χ4v) is 3.66. The first-order chi connectivity index (χ1) is 15.2. The zero-order valence-electron chi connectivity index (χ0n) is 18.0. The summed E-state index contributed by atoms with van der Waals surface area (Å²) in [5.41, 5.74) is -0.272. The van der Waals surface area contributed by atoms with Gasteiger partial charge in [-0.25, -0.2) is 14.6 Å². The molecule has 0 unspecified atom stereocenters. The highest BCUT2D eigenvalue weighted by atomic mass is 32.2. The van der Waals surface area contributed by atoms with E-state index in [0.29, 0.717) is 28.4 Å². The van der Waals surface area contributed by atoms with Crippen LogP contribution >= 0.6 is 11.8 Å². The van der Waals surface area contributed by atoms with Crippen molar-refractivity contribution in [3.05, 3.63) is 41.6 Å². The average molecular weight is 467 g/mol. The van der Waals surface area contributed by atoms with E-state index in [-0.39, 0.29) is 12.1 Å². The molecule has 0 radical (unpaired) electrons. The molecule has 0 aliphatic carbocycles. The van der Waals surface area contributed by atoms with Gasteiger partial charge in [0.15, 0.2) is 10.8 Å². The van der Waals surface area contributed by atoms with Gasteiger partial charge in [0.25, 0.3) is 5.91 Å². The van der Waals surface area contributed by atoms with Crippen LogP contribution in [-0.4, -0.2) is 44.0 Å². The number of carbonyl (C=O) groups excluding carboxylic acids is 1. The maximum Gasteiger partial charge on any atom is 0.416 e. The summed E-state index contributed by atoms with van der Waals surface area (Å²) in [4.78, 5) is 21.5. The van der Waals surface area contributed by atoms with Crippen LogP contribution in [0.3, 0.4) is 0 Å². The Hall–Kier alpha value is -2.82. The van der Waals surface area contributed by atoms with Gasteiger partial charge >= 0.3 is 6.18 Å². The van der Waals surface area contributed by atoms with Crippen molar-refractivity contribution in [1.82, 2.24) is 25.1 Å². The van der Waals surface area contributed by atoms with E-state index in [4.69, 9.17) is 0 Å². The van der Waals surface area contributed by atoms with Crippen LogP contribution in [-0.2, 0) is 12.7 Å². The lowest BCUT2D eigenvalue weighted by Gasteiger charge is -2.11. The number of halogens is 3. The molecule has 1 amide bonds. The second kappa shape index (κ2) is 10.2. The number of amides is 1. The molecule has 0 aliphatic heterocycles. The summed E-state index contributed by atoms with van der Waals surface area (Å²) in [6.07, 6.45) is -1.89. The topological polar surface area (TPSA) is 84.7 Å². The number of nitrogens with zero attached hydrogens (tertiary/aromatic N) is 4. The minimum absolute atomic E-state index is 0.0471. The minimum atomic E-state index is -4.50. The van der Waals surface area contributed by atoms with Crippen molar-refractivity contribution in [1.29, 1.82) is 0 Å². The van der Waals surface area contributed by atoms with E-state index in [0.717, 1.165) is 30.5 Å². The van der Waals surface area contributed by atoms with Crippen LogP contribution in [0.25, 0.3) is 11.0 Å². The number of alkyl halides is 3. The number of aromatic nitrogens is 4. The second-order valence-corrected chi connectivity index (χ2v) is 8.93. The van der Waals surface area contributed by atoms with Crippen LogP contribution in [0, 0.1) is 0 Å². The number of anilines is 1. The molecule has 0 atom stereocenters. The molecule has 172 valence electrons. The third-order valence-electron chi connectivity index (χ3n) is 4.42. The van der Waals surface area contributed by atoms with Crippen LogP contribution in [0.5, 0.6) is 0 Å². The molecule has 0 saturated carbocycles. The largest absolute Gasteiger partial charge is 0.416 e. The zero-order chi connectivity index (χ0) is 23.3. The van der Waals surface area contributed by atoms with Crippen molar-refractivity contribution in [2.24, 2.45) is 0 Å². The average Bonchev–Trinajstić information content (AvgIpc) is 3.14. The summed E-state index contributed by atoms with van der Waals surface area (Å²) in [5, 5.41) is 12.0.